The molecule has 30 heavy (non-hydrogen) atoms. The molecule has 0 spiro atoms. The molecule has 0 aromatic carbocycles. The zero-order valence-corrected chi connectivity index (χ0v) is 18.9. The lowest BCUT2D eigenvalue weighted by molar-refractivity contribution is -0.134. The predicted octanol–water partition coefficient (Wildman–Crippen LogP) is 3.92. The van der Waals surface area contributed by atoms with Crippen LogP contribution in [0.2, 0.25) is 0 Å². The van der Waals surface area contributed by atoms with Crippen LogP contribution in [0.15, 0.2) is 40.1 Å². The van der Waals surface area contributed by atoms with Crippen LogP contribution in [-0.2, 0) is 9.59 Å². The lowest BCUT2D eigenvalue weighted by atomic mass is 9.80. The molecule has 2 aromatic rings. The second kappa shape index (κ2) is 9.41. The Morgan fingerprint density at radius 3 is 2.60 bits per heavy atom. The second-order valence-corrected chi connectivity index (χ2v) is 9.78. The molecular formula is C22H28N4O2S2. The van der Waals surface area contributed by atoms with Crippen LogP contribution in [0.4, 0.5) is 0 Å². The summed E-state index contributed by atoms with van der Waals surface area (Å²) in [4.78, 5) is 28.3. The van der Waals surface area contributed by atoms with Crippen LogP contribution in [0.3, 0.4) is 0 Å². The minimum atomic E-state index is -0.650. The van der Waals surface area contributed by atoms with Gasteiger partial charge in [0, 0.05) is 17.8 Å². The van der Waals surface area contributed by atoms with Gasteiger partial charge < -0.3 is 5.32 Å². The number of hydrogen-bond donors (Lipinski definition) is 2. The number of nitrogens with zero attached hydrogens (tertiary/aromatic N) is 2. The van der Waals surface area contributed by atoms with Crippen LogP contribution < -0.4 is 10.6 Å². The van der Waals surface area contributed by atoms with Crippen molar-refractivity contribution in [1.29, 1.82) is 0 Å². The van der Waals surface area contributed by atoms with Crippen LogP contribution in [0.25, 0.3) is 0 Å². The number of hydrogen-bond acceptors (Lipinski definition) is 6. The van der Waals surface area contributed by atoms with Crippen molar-refractivity contribution in [1.82, 2.24) is 15.6 Å². The van der Waals surface area contributed by atoms with Gasteiger partial charge in [0.25, 0.3) is 5.91 Å². The van der Waals surface area contributed by atoms with Gasteiger partial charge in [0.15, 0.2) is 0 Å². The summed E-state index contributed by atoms with van der Waals surface area (Å²) in [5.41, 5.74) is 0.301. The summed E-state index contributed by atoms with van der Waals surface area (Å²) >= 11 is 3.29. The minimum Gasteiger partial charge on any atom is -0.355 e. The molecule has 2 aliphatic rings. The second-order valence-electron chi connectivity index (χ2n) is 7.85. The Labute approximate surface area is 185 Å². The molecule has 1 atom stereocenters. The van der Waals surface area contributed by atoms with E-state index in [1.807, 2.05) is 35.9 Å². The van der Waals surface area contributed by atoms with Gasteiger partial charge in [-0.05, 0) is 42.7 Å². The fourth-order valence-electron chi connectivity index (χ4n) is 4.33. The monoisotopic (exact) mass is 444 g/mol. The van der Waals surface area contributed by atoms with Crippen LogP contribution in [-0.4, -0.2) is 41.2 Å². The minimum absolute atomic E-state index is 0.0107. The van der Waals surface area contributed by atoms with Crippen LogP contribution in [0.1, 0.15) is 61.2 Å². The van der Waals surface area contributed by atoms with Crippen molar-refractivity contribution in [3.8, 4) is 0 Å². The van der Waals surface area contributed by atoms with Gasteiger partial charge in [-0.2, -0.15) is 5.10 Å². The van der Waals surface area contributed by atoms with Crippen molar-refractivity contribution in [2.45, 2.75) is 57.0 Å². The quantitative estimate of drug-likeness (QED) is 0.680. The Hall–Kier alpha value is -2.03. The first kappa shape index (κ1) is 21.2. The average molecular weight is 445 g/mol. The summed E-state index contributed by atoms with van der Waals surface area (Å²) in [6.07, 6.45) is 5.39. The van der Waals surface area contributed by atoms with Gasteiger partial charge in [-0.1, -0.05) is 31.4 Å². The van der Waals surface area contributed by atoms with E-state index in [0.29, 0.717) is 13.0 Å². The van der Waals surface area contributed by atoms with Gasteiger partial charge in [0.2, 0.25) is 5.91 Å². The number of hydrazone groups is 1. The average Bonchev–Trinajstić information content (AvgIpc) is 3.53. The fraction of sp³-hybridized carbons (Fsp3) is 0.500. The molecular weight excluding hydrogens is 416 g/mol. The fourth-order valence-corrected chi connectivity index (χ4v) is 5.86. The Kier molecular flexibility index (Phi) is 6.65. The lowest BCUT2D eigenvalue weighted by Crippen LogP contribution is -2.59. The zero-order valence-electron chi connectivity index (χ0n) is 17.2. The number of carbonyl (C=O) groups excluding carboxylic acids is 2. The zero-order chi connectivity index (χ0) is 21.0. The molecule has 1 fully saturated rings. The summed E-state index contributed by atoms with van der Waals surface area (Å²) in [6, 6.07) is 8.05. The summed E-state index contributed by atoms with van der Waals surface area (Å²) in [6.45, 7) is 2.63. The van der Waals surface area contributed by atoms with E-state index >= 15 is 0 Å². The van der Waals surface area contributed by atoms with Gasteiger partial charge in [0.05, 0.1) is 28.7 Å². The van der Waals surface area contributed by atoms with E-state index < -0.39 is 5.54 Å². The van der Waals surface area contributed by atoms with E-state index in [1.165, 1.54) is 0 Å². The molecule has 1 aliphatic carbocycles. The highest BCUT2D eigenvalue weighted by Gasteiger charge is 2.40. The first-order valence-corrected chi connectivity index (χ1v) is 12.4. The number of carbonyl (C=O) groups is 2. The smallest absolute Gasteiger partial charge is 0.257 e. The third-order valence-corrected chi connectivity index (χ3v) is 7.79. The van der Waals surface area contributed by atoms with E-state index in [0.717, 1.165) is 47.6 Å². The SMILES string of the molecule is CCNC(=O)C1(NCC(=O)N2N=C(c3cccs3)C[C@H]2c2cccs2)CCCCC1. The summed E-state index contributed by atoms with van der Waals surface area (Å²) in [5, 5.41) is 16.7. The third-order valence-electron chi connectivity index (χ3n) is 5.90. The Balaban J connectivity index is 1.51. The largest absolute Gasteiger partial charge is 0.355 e. The first-order valence-electron chi connectivity index (χ1n) is 10.6. The van der Waals surface area contributed by atoms with Gasteiger partial charge in [-0.3, -0.25) is 14.9 Å². The summed E-state index contributed by atoms with van der Waals surface area (Å²) in [5.74, 6) is -0.0780. The molecule has 160 valence electrons. The van der Waals surface area contributed by atoms with Gasteiger partial charge >= 0.3 is 0 Å². The molecule has 0 unspecified atom stereocenters. The van der Waals surface area contributed by atoms with E-state index in [9.17, 15) is 9.59 Å². The number of amides is 2. The molecule has 0 radical (unpaired) electrons. The van der Waals surface area contributed by atoms with Gasteiger partial charge in [0.1, 0.15) is 0 Å². The Morgan fingerprint density at radius 2 is 1.93 bits per heavy atom. The van der Waals surface area contributed by atoms with Crippen molar-refractivity contribution in [3.63, 3.8) is 0 Å². The molecule has 2 N–H and O–H groups in total. The molecule has 8 heteroatoms. The van der Waals surface area contributed by atoms with Gasteiger partial charge in [-0.25, -0.2) is 5.01 Å². The highest BCUT2D eigenvalue weighted by molar-refractivity contribution is 7.12. The van der Waals surface area contributed by atoms with Crippen molar-refractivity contribution in [3.05, 3.63) is 44.8 Å². The number of likely N-dealkylation sites (N-methyl/N-ethyl adjacent to an activating group) is 1. The Bertz CT molecular complexity index is 886. The maximum absolute atomic E-state index is 13.3. The lowest BCUT2D eigenvalue weighted by Gasteiger charge is -2.37. The molecule has 0 saturated heterocycles. The highest BCUT2D eigenvalue weighted by atomic mass is 32.1. The van der Waals surface area contributed by atoms with E-state index in [1.54, 1.807) is 27.7 Å². The van der Waals surface area contributed by atoms with Crippen LogP contribution in [0.5, 0.6) is 0 Å². The van der Waals surface area contributed by atoms with E-state index in [-0.39, 0.29) is 24.4 Å². The van der Waals surface area contributed by atoms with Crippen molar-refractivity contribution in [2.75, 3.05) is 13.1 Å². The molecule has 1 aliphatic heterocycles. The Morgan fingerprint density at radius 1 is 1.17 bits per heavy atom. The van der Waals surface area contributed by atoms with E-state index in [4.69, 9.17) is 5.10 Å². The number of thiophene rings is 2. The summed E-state index contributed by atoms with van der Waals surface area (Å²) in [7, 11) is 0. The molecule has 4 rings (SSSR count). The third kappa shape index (κ3) is 4.36. The molecule has 1 saturated carbocycles. The van der Waals surface area contributed by atoms with Crippen molar-refractivity contribution in [2.24, 2.45) is 5.10 Å². The molecule has 3 heterocycles. The maximum Gasteiger partial charge on any atom is 0.257 e. The van der Waals surface area contributed by atoms with Gasteiger partial charge in [-0.15, -0.1) is 22.7 Å². The highest BCUT2D eigenvalue weighted by Crippen LogP contribution is 2.36. The number of rotatable bonds is 7. The first-order chi connectivity index (χ1) is 14.6. The molecule has 2 aromatic heterocycles. The van der Waals surface area contributed by atoms with Crippen LogP contribution >= 0.6 is 22.7 Å². The number of nitrogens with one attached hydrogen (secondary N) is 2. The topological polar surface area (TPSA) is 73.8 Å². The van der Waals surface area contributed by atoms with E-state index in [2.05, 4.69) is 16.7 Å². The standard InChI is InChI=1S/C22H28N4O2S2/c1-2-23-21(28)22(10-4-3-5-11-22)24-15-20(27)26-17(19-9-7-13-30-19)14-16(25-26)18-8-6-12-29-18/h6-9,12-13,17,24H,2-5,10-11,14-15H2,1H3,(H,23,28)/t17-/m0/s1. The van der Waals surface area contributed by atoms with Crippen molar-refractivity contribution >= 4 is 40.2 Å². The summed E-state index contributed by atoms with van der Waals surface area (Å²) < 4.78 is 0. The maximum atomic E-state index is 13.3. The normalized spacial score (nSPS) is 20.8. The van der Waals surface area contributed by atoms with Crippen molar-refractivity contribution < 1.29 is 9.59 Å². The molecule has 6 nitrogen and oxygen atoms in total. The van der Waals surface area contributed by atoms with Crippen LogP contribution in [0, 0.1) is 0 Å². The molecule has 2 amide bonds. The molecule has 0 bridgehead atoms. The predicted molar refractivity (Wildman–Crippen MR) is 122 cm³/mol.